The van der Waals surface area contributed by atoms with Crippen LogP contribution < -0.4 is 0 Å². The molecule has 0 aliphatic carbocycles. The normalized spacial score (nSPS) is 14.2. The average molecular weight is 323 g/mol. The molecule has 0 aliphatic heterocycles. The predicted octanol–water partition coefficient (Wildman–Crippen LogP) is 4.08. The maximum Gasteiger partial charge on any atom is 0.193 e. The Morgan fingerprint density at radius 3 is 2.33 bits per heavy atom. The van der Waals surface area contributed by atoms with Crippen LogP contribution >= 0.6 is 11.3 Å². The van der Waals surface area contributed by atoms with E-state index in [1.165, 1.54) is 11.3 Å². The van der Waals surface area contributed by atoms with E-state index in [1.807, 2.05) is 6.92 Å². The molecule has 0 spiro atoms. The minimum atomic E-state index is -1.81. The first-order chi connectivity index (χ1) is 9.71. The van der Waals surface area contributed by atoms with Gasteiger partial charge in [-0.2, -0.15) is 0 Å². The van der Waals surface area contributed by atoms with Crippen LogP contribution in [0.5, 0.6) is 0 Å². The fourth-order valence-corrected chi connectivity index (χ4v) is 3.77. The fraction of sp³-hybridized carbons (Fsp3) is 0.571. The van der Waals surface area contributed by atoms with Crippen LogP contribution in [0, 0.1) is 0 Å². The lowest BCUT2D eigenvalue weighted by Gasteiger charge is -2.37. The summed E-state index contributed by atoms with van der Waals surface area (Å²) in [7, 11) is -1.81. The summed E-state index contributed by atoms with van der Waals surface area (Å²) >= 11 is 1.50. The van der Waals surface area contributed by atoms with Crippen LogP contribution in [0.15, 0.2) is 18.5 Å². The molecule has 2 aromatic heterocycles. The highest BCUT2D eigenvalue weighted by atomic mass is 32.1. The second-order valence-electron chi connectivity index (χ2n) is 6.54. The van der Waals surface area contributed by atoms with Crippen molar-refractivity contribution in [3.8, 4) is 10.8 Å². The molecule has 0 bridgehead atoms. The van der Waals surface area contributed by atoms with Crippen molar-refractivity contribution in [3.05, 3.63) is 23.5 Å². The molecule has 0 N–H and O–H groups in total. The largest absolute Gasteiger partial charge is 0.408 e. The van der Waals surface area contributed by atoms with Gasteiger partial charge in [0.1, 0.15) is 5.01 Å². The molecule has 2 aromatic rings. The zero-order chi connectivity index (χ0) is 15.7. The summed E-state index contributed by atoms with van der Waals surface area (Å²) in [5.74, 6) is 0.612. The summed E-state index contributed by atoms with van der Waals surface area (Å²) in [6, 6.07) is 1.79. The Hall–Kier alpha value is -1.18. The number of aromatic nitrogens is 4. The van der Waals surface area contributed by atoms with Crippen LogP contribution in [-0.4, -0.2) is 28.5 Å². The minimum absolute atomic E-state index is 0.0548. The molecule has 0 saturated heterocycles. The van der Waals surface area contributed by atoms with E-state index >= 15 is 0 Å². The van der Waals surface area contributed by atoms with E-state index in [9.17, 15) is 0 Å². The van der Waals surface area contributed by atoms with Crippen molar-refractivity contribution in [1.29, 1.82) is 0 Å². The monoisotopic (exact) mass is 322 g/mol. The minimum Gasteiger partial charge on any atom is -0.408 e. The Kier molecular flexibility index (Phi) is 4.55. The second kappa shape index (κ2) is 5.90. The van der Waals surface area contributed by atoms with Gasteiger partial charge in [0, 0.05) is 12.4 Å². The molecule has 1 atom stereocenters. The summed E-state index contributed by atoms with van der Waals surface area (Å²) in [6.45, 7) is 13.2. The van der Waals surface area contributed by atoms with Gasteiger partial charge in [-0.1, -0.05) is 32.1 Å². The van der Waals surface area contributed by atoms with Crippen LogP contribution in [0.2, 0.25) is 18.1 Å². The van der Waals surface area contributed by atoms with Crippen molar-refractivity contribution in [2.45, 2.75) is 51.9 Å². The van der Waals surface area contributed by atoms with Crippen LogP contribution in [0.4, 0.5) is 0 Å². The SMILES string of the molecule is C[C@@H](O[Si](C)(C)C(C)(C)C)c1nnc(-c2ncccn2)s1. The van der Waals surface area contributed by atoms with Crippen molar-refractivity contribution in [2.24, 2.45) is 0 Å². The number of rotatable bonds is 4. The van der Waals surface area contributed by atoms with Crippen LogP contribution in [0.25, 0.3) is 10.8 Å². The summed E-state index contributed by atoms with van der Waals surface area (Å²) in [4.78, 5) is 8.40. The highest BCUT2D eigenvalue weighted by Gasteiger charge is 2.39. The van der Waals surface area contributed by atoms with Gasteiger partial charge in [0.15, 0.2) is 19.1 Å². The Balaban J connectivity index is 2.15. The maximum atomic E-state index is 6.34. The van der Waals surface area contributed by atoms with Crippen LogP contribution in [0.1, 0.15) is 38.8 Å². The van der Waals surface area contributed by atoms with E-state index in [0.29, 0.717) is 5.82 Å². The molecule has 0 saturated carbocycles. The number of hydrogen-bond acceptors (Lipinski definition) is 6. The predicted molar refractivity (Wildman–Crippen MR) is 87.6 cm³/mol. The molecule has 0 aromatic carbocycles. The molecule has 0 amide bonds. The molecular formula is C14H22N4OSSi. The van der Waals surface area contributed by atoms with Crippen molar-refractivity contribution >= 4 is 19.7 Å². The topological polar surface area (TPSA) is 60.8 Å². The zero-order valence-electron chi connectivity index (χ0n) is 13.4. The van der Waals surface area contributed by atoms with E-state index < -0.39 is 8.32 Å². The molecule has 2 rings (SSSR count). The van der Waals surface area contributed by atoms with E-state index in [1.54, 1.807) is 18.5 Å². The Labute approximate surface area is 131 Å². The molecule has 2 heterocycles. The zero-order valence-corrected chi connectivity index (χ0v) is 15.2. The molecule has 0 aliphatic rings. The van der Waals surface area contributed by atoms with Crippen LogP contribution in [-0.2, 0) is 4.43 Å². The van der Waals surface area contributed by atoms with E-state index in [-0.39, 0.29) is 11.1 Å². The highest BCUT2D eigenvalue weighted by molar-refractivity contribution is 7.14. The molecule has 0 unspecified atom stereocenters. The van der Waals surface area contributed by atoms with Gasteiger partial charge in [0.05, 0.1) is 6.10 Å². The first-order valence-corrected chi connectivity index (χ1v) is 10.7. The number of hydrogen-bond donors (Lipinski definition) is 0. The summed E-state index contributed by atoms with van der Waals surface area (Å²) in [5.41, 5.74) is 0. The van der Waals surface area contributed by atoms with E-state index in [0.717, 1.165) is 10.0 Å². The average Bonchev–Trinajstić information content (AvgIpc) is 2.87. The first-order valence-electron chi connectivity index (χ1n) is 6.99. The Bertz CT molecular complexity index is 595. The van der Waals surface area contributed by atoms with Gasteiger partial charge in [0.25, 0.3) is 0 Å². The van der Waals surface area contributed by atoms with Gasteiger partial charge in [0.2, 0.25) is 0 Å². The molecule has 21 heavy (non-hydrogen) atoms. The summed E-state index contributed by atoms with van der Waals surface area (Å²) in [5, 5.41) is 10.2. The third-order valence-electron chi connectivity index (χ3n) is 3.82. The van der Waals surface area contributed by atoms with E-state index in [2.05, 4.69) is 54.0 Å². The smallest absolute Gasteiger partial charge is 0.193 e. The molecule has 114 valence electrons. The third-order valence-corrected chi connectivity index (χ3v) is 9.46. The lowest BCUT2D eigenvalue weighted by atomic mass is 10.2. The first kappa shape index (κ1) is 16.2. The van der Waals surface area contributed by atoms with Gasteiger partial charge >= 0.3 is 0 Å². The summed E-state index contributed by atoms with van der Waals surface area (Å²) < 4.78 is 6.34. The molecule has 7 heteroatoms. The van der Waals surface area contributed by atoms with Crippen LogP contribution in [0.3, 0.4) is 0 Å². The highest BCUT2D eigenvalue weighted by Crippen LogP contribution is 2.40. The standard InChI is InChI=1S/C14H22N4OSSi/c1-10(19-21(5,6)14(2,3)4)12-17-18-13(20-12)11-15-8-7-9-16-11/h7-10H,1-6H3/t10-/m1/s1. The van der Waals surface area contributed by atoms with Gasteiger partial charge in [-0.3, -0.25) is 0 Å². The maximum absolute atomic E-state index is 6.34. The number of nitrogens with zero attached hydrogens (tertiary/aromatic N) is 4. The molecule has 5 nitrogen and oxygen atoms in total. The van der Waals surface area contributed by atoms with E-state index in [4.69, 9.17) is 4.43 Å². The van der Waals surface area contributed by atoms with Crippen molar-refractivity contribution in [2.75, 3.05) is 0 Å². The van der Waals surface area contributed by atoms with Gasteiger partial charge in [-0.05, 0) is 31.1 Å². The Morgan fingerprint density at radius 2 is 1.76 bits per heavy atom. The van der Waals surface area contributed by atoms with Gasteiger partial charge in [-0.25, -0.2) is 9.97 Å². The van der Waals surface area contributed by atoms with Gasteiger partial charge in [-0.15, -0.1) is 10.2 Å². The molecule has 0 radical (unpaired) electrons. The fourth-order valence-electron chi connectivity index (χ4n) is 1.57. The lowest BCUT2D eigenvalue weighted by Crippen LogP contribution is -2.41. The van der Waals surface area contributed by atoms with Crippen molar-refractivity contribution in [3.63, 3.8) is 0 Å². The quantitative estimate of drug-likeness (QED) is 0.794. The third kappa shape index (κ3) is 3.72. The summed E-state index contributed by atoms with van der Waals surface area (Å²) in [6.07, 6.45) is 3.36. The van der Waals surface area contributed by atoms with Crippen molar-refractivity contribution < 1.29 is 4.43 Å². The molecular weight excluding hydrogens is 300 g/mol. The molecule has 0 fully saturated rings. The lowest BCUT2D eigenvalue weighted by molar-refractivity contribution is 0.201. The second-order valence-corrected chi connectivity index (χ2v) is 12.3. The van der Waals surface area contributed by atoms with Crippen molar-refractivity contribution in [1.82, 2.24) is 20.2 Å². The Morgan fingerprint density at radius 1 is 1.14 bits per heavy atom. The van der Waals surface area contributed by atoms with Gasteiger partial charge < -0.3 is 4.43 Å².